The minimum atomic E-state index is 0.0463. The molecule has 2 aliphatic rings. The van der Waals surface area contributed by atoms with Crippen molar-refractivity contribution in [3.05, 3.63) is 29.5 Å². The monoisotopic (exact) mass is 370 g/mol. The summed E-state index contributed by atoms with van der Waals surface area (Å²) in [5.74, 6) is 0.927. The van der Waals surface area contributed by atoms with E-state index >= 15 is 0 Å². The Bertz CT molecular complexity index is 786. The molecular weight excluding hydrogens is 340 g/mol. The van der Waals surface area contributed by atoms with Gasteiger partial charge in [0.25, 0.3) is 0 Å². The lowest BCUT2D eigenvalue weighted by Gasteiger charge is -2.22. The van der Waals surface area contributed by atoms with Gasteiger partial charge < -0.3 is 9.47 Å². The van der Waals surface area contributed by atoms with Crippen LogP contribution in [0.5, 0.6) is 0 Å². The molecule has 1 saturated heterocycles. The zero-order valence-corrected chi connectivity index (χ0v) is 16.3. The van der Waals surface area contributed by atoms with E-state index in [9.17, 15) is 4.79 Å². The van der Waals surface area contributed by atoms with Gasteiger partial charge in [0.2, 0.25) is 0 Å². The molecule has 0 N–H and O–H groups in total. The number of ketones is 1. The molecule has 0 amide bonds. The van der Waals surface area contributed by atoms with E-state index in [1.165, 1.54) is 32.1 Å². The van der Waals surface area contributed by atoms with E-state index in [0.717, 1.165) is 40.9 Å². The fourth-order valence-corrected chi connectivity index (χ4v) is 4.44. The Morgan fingerprint density at radius 1 is 1.22 bits per heavy atom. The van der Waals surface area contributed by atoms with Crippen molar-refractivity contribution in [3.8, 4) is 0 Å². The van der Waals surface area contributed by atoms with Gasteiger partial charge in [0.05, 0.1) is 31.4 Å². The van der Waals surface area contributed by atoms with Crippen LogP contribution in [0, 0.1) is 12.8 Å². The lowest BCUT2D eigenvalue weighted by Crippen LogP contribution is -2.29. The van der Waals surface area contributed by atoms with Crippen LogP contribution in [0.1, 0.15) is 60.9 Å². The fourth-order valence-electron chi connectivity index (χ4n) is 4.44. The Morgan fingerprint density at radius 3 is 2.85 bits per heavy atom. The molecule has 0 spiro atoms. The van der Waals surface area contributed by atoms with Gasteiger partial charge in [0.1, 0.15) is 0 Å². The Balaban J connectivity index is 1.45. The molecule has 2 aromatic rings. The van der Waals surface area contributed by atoms with E-state index in [1.54, 1.807) is 0 Å². The summed E-state index contributed by atoms with van der Waals surface area (Å²) in [6.45, 7) is 4.92. The number of fused-ring (bicyclic) bond motifs is 1. The molecule has 5 nitrogen and oxygen atoms in total. The van der Waals surface area contributed by atoms with E-state index in [0.29, 0.717) is 26.2 Å². The normalized spacial score (nSPS) is 21.6. The molecule has 27 heavy (non-hydrogen) atoms. The number of aromatic nitrogens is 2. The molecule has 1 unspecified atom stereocenters. The van der Waals surface area contributed by atoms with Crippen molar-refractivity contribution in [3.63, 3.8) is 0 Å². The number of benzene rings is 1. The summed E-state index contributed by atoms with van der Waals surface area (Å²) in [7, 11) is 0. The van der Waals surface area contributed by atoms with Crippen LogP contribution < -0.4 is 0 Å². The SMILES string of the molecule is Cc1c(C(=O)CCC2COCCO2)ccc2nn(CC3CCCCC3)cc12. The van der Waals surface area contributed by atoms with Crippen molar-refractivity contribution >= 4 is 16.7 Å². The Morgan fingerprint density at radius 2 is 2.07 bits per heavy atom. The van der Waals surface area contributed by atoms with Gasteiger partial charge in [-0.3, -0.25) is 9.48 Å². The minimum Gasteiger partial charge on any atom is -0.376 e. The van der Waals surface area contributed by atoms with Gasteiger partial charge in [-0.25, -0.2) is 0 Å². The summed E-state index contributed by atoms with van der Waals surface area (Å²) in [5.41, 5.74) is 2.86. The largest absolute Gasteiger partial charge is 0.376 e. The van der Waals surface area contributed by atoms with Gasteiger partial charge in [-0.2, -0.15) is 5.10 Å². The molecule has 2 fully saturated rings. The third kappa shape index (κ3) is 4.41. The number of carbonyl (C=O) groups is 1. The third-order valence-electron chi connectivity index (χ3n) is 6.05. The zero-order valence-electron chi connectivity index (χ0n) is 16.3. The Kier molecular flexibility index (Phi) is 5.89. The van der Waals surface area contributed by atoms with Crippen molar-refractivity contribution in [1.29, 1.82) is 0 Å². The lowest BCUT2D eigenvalue weighted by molar-refractivity contribution is -0.0902. The first-order chi connectivity index (χ1) is 13.2. The molecule has 1 atom stereocenters. The second kappa shape index (κ2) is 8.53. The summed E-state index contributed by atoms with van der Waals surface area (Å²) in [6.07, 6.45) is 10.1. The van der Waals surface area contributed by atoms with E-state index in [2.05, 4.69) is 10.9 Å². The number of hydrogen-bond acceptors (Lipinski definition) is 4. The molecule has 0 bridgehead atoms. The van der Waals surface area contributed by atoms with Crippen LogP contribution >= 0.6 is 0 Å². The first-order valence-electron chi connectivity index (χ1n) is 10.4. The Hall–Kier alpha value is -1.72. The molecule has 1 aliphatic carbocycles. The maximum absolute atomic E-state index is 12.8. The van der Waals surface area contributed by atoms with Crippen LogP contribution in [0.4, 0.5) is 0 Å². The second-order valence-corrected chi connectivity index (χ2v) is 8.06. The highest BCUT2D eigenvalue weighted by Gasteiger charge is 2.19. The fraction of sp³-hybridized carbons (Fsp3) is 0.636. The average molecular weight is 370 g/mol. The first kappa shape index (κ1) is 18.6. The molecule has 0 radical (unpaired) electrons. The maximum Gasteiger partial charge on any atom is 0.163 e. The van der Waals surface area contributed by atoms with Crippen LogP contribution in [-0.2, 0) is 16.0 Å². The van der Waals surface area contributed by atoms with Gasteiger partial charge in [0.15, 0.2) is 5.78 Å². The molecule has 5 heteroatoms. The predicted octanol–water partition coefficient (Wildman–Crippen LogP) is 4.30. The number of aryl methyl sites for hydroxylation is 1. The minimum absolute atomic E-state index is 0.0463. The molecule has 1 saturated carbocycles. The summed E-state index contributed by atoms with van der Waals surface area (Å²) < 4.78 is 13.2. The quantitative estimate of drug-likeness (QED) is 0.711. The maximum atomic E-state index is 12.8. The topological polar surface area (TPSA) is 53.4 Å². The molecule has 1 aromatic heterocycles. The third-order valence-corrected chi connectivity index (χ3v) is 6.05. The zero-order chi connectivity index (χ0) is 18.6. The molecule has 1 aliphatic heterocycles. The standard InChI is InChI=1S/C22H30N2O3/c1-16-19(22(25)10-7-18-15-26-11-12-27-18)8-9-21-20(16)14-24(23-21)13-17-5-3-2-4-6-17/h8-9,14,17-18H,2-7,10-13,15H2,1H3. The Labute approximate surface area is 161 Å². The predicted molar refractivity (Wildman–Crippen MR) is 105 cm³/mol. The lowest BCUT2D eigenvalue weighted by atomic mass is 9.89. The number of hydrogen-bond donors (Lipinski definition) is 0. The summed E-state index contributed by atoms with van der Waals surface area (Å²) in [5, 5.41) is 5.86. The van der Waals surface area contributed by atoms with Crippen LogP contribution in [0.15, 0.2) is 18.3 Å². The van der Waals surface area contributed by atoms with Gasteiger partial charge >= 0.3 is 0 Å². The molecule has 2 heterocycles. The van der Waals surface area contributed by atoms with Crippen LogP contribution in [0.2, 0.25) is 0 Å². The smallest absolute Gasteiger partial charge is 0.163 e. The van der Waals surface area contributed by atoms with Crippen molar-refractivity contribution < 1.29 is 14.3 Å². The van der Waals surface area contributed by atoms with Crippen LogP contribution in [0.3, 0.4) is 0 Å². The molecule has 1 aromatic carbocycles. The van der Waals surface area contributed by atoms with Gasteiger partial charge in [-0.1, -0.05) is 19.3 Å². The summed E-state index contributed by atoms with van der Waals surface area (Å²) >= 11 is 0. The van der Waals surface area contributed by atoms with E-state index in [-0.39, 0.29) is 11.9 Å². The summed E-state index contributed by atoms with van der Waals surface area (Å²) in [6, 6.07) is 3.93. The van der Waals surface area contributed by atoms with E-state index in [4.69, 9.17) is 14.6 Å². The second-order valence-electron chi connectivity index (χ2n) is 8.06. The highest BCUT2D eigenvalue weighted by Crippen LogP contribution is 2.27. The van der Waals surface area contributed by atoms with E-state index < -0.39 is 0 Å². The number of carbonyl (C=O) groups excluding carboxylic acids is 1. The number of rotatable bonds is 6. The highest BCUT2D eigenvalue weighted by molar-refractivity contribution is 6.01. The van der Waals surface area contributed by atoms with Crippen molar-refractivity contribution in [2.75, 3.05) is 19.8 Å². The van der Waals surface area contributed by atoms with Gasteiger partial charge in [-0.15, -0.1) is 0 Å². The highest BCUT2D eigenvalue weighted by atomic mass is 16.6. The van der Waals surface area contributed by atoms with Crippen molar-refractivity contribution in [2.45, 2.75) is 64.5 Å². The van der Waals surface area contributed by atoms with Crippen molar-refractivity contribution in [1.82, 2.24) is 9.78 Å². The number of nitrogens with zero attached hydrogens (tertiary/aromatic N) is 2. The molecule has 4 rings (SSSR count). The average Bonchev–Trinajstić information content (AvgIpc) is 3.11. The molecular formula is C22H30N2O3. The van der Waals surface area contributed by atoms with Crippen LogP contribution in [0.25, 0.3) is 10.9 Å². The first-order valence-corrected chi connectivity index (χ1v) is 10.4. The van der Waals surface area contributed by atoms with Crippen LogP contribution in [-0.4, -0.2) is 41.5 Å². The summed E-state index contributed by atoms with van der Waals surface area (Å²) in [4.78, 5) is 12.8. The van der Waals surface area contributed by atoms with E-state index in [1.807, 2.05) is 19.1 Å². The van der Waals surface area contributed by atoms with Gasteiger partial charge in [0, 0.05) is 30.1 Å². The number of ether oxygens (including phenoxy) is 2. The van der Waals surface area contributed by atoms with Gasteiger partial charge in [-0.05, 0) is 49.8 Å². The molecule has 146 valence electrons. The number of Topliss-reactive ketones (excluding diaryl/α,β-unsaturated/α-hetero) is 1. The van der Waals surface area contributed by atoms with Crippen molar-refractivity contribution in [2.24, 2.45) is 5.92 Å².